The van der Waals surface area contributed by atoms with Crippen molar-refractivity contribution < 1.29 is 14.3 Å². The van der Waals surface area contributed by atoms with Gasteiger partial charge in [-0.25, -0.2) is 4.79 Å². The van der Waals surface area contributed by atoms with Crippen LogP contribution in [0.5, 0.6) is 5.75 Å². The molecule has 1 atom stereocenters. The van der Waals surface area contributed by atoms with E-state index < -0.39 is 0 Å². The van der Waals surface area contributed by atoms with E-state index in [2.05, 4.69) is 5.32 Å². The highest BCUT2D eigenvalue weighted by molar-refractivity contribution is 5.78. The van der Waals surface area contributed by atoms with Gasteiger partial charge in [-0.3, -0.25) is 4.79 Å². The Bertz CT molecular complexity index is 584. The van der Waals surface area contributed by atoms with Crippen LogP contribution in [-0.2, 0) is 4.79 Å². The molecule has 0 radical (unpaired) electrons. The molecule has 2 rings (SSSR count). The summed E-state index contributed by atoms with van der Waals surface area (Å²) in [5.74, 6) is 0.931. The Hall–Kier alpha value is -2.24. The van der Waals surface area contributed by atoms with Gasteiger partial charge in [0, 0.05) is 32.6 Å². The number of nitrogens with one attached hydrogen (secondary N) is 1. The third-order valence-corrected chi connectivity index (χ3v) is 4.82. The highest BCUT2D eigenvalue weighted by atomic mass is 16.5. The van der Waals surface area contributed by atoms with Crippen LogP contribution < -0.4 is 10.1 Å². The molecular formula is C20H31N3O3. The number of urea groups is 1. The molecule has 1 aliphatic heterocycles. The molecule has 1 heterocycles. The van der Waals surface area contributed by atoms with E-state index >= 15 is 0 Å². The fourth-order valence-electron chi connectivity index (χ4n) is 3.42. The fourth-order valence-corrected chi connectivity index (χ4v) is 3.42. The zero-order valence-corrected chi connectivity index (χ0v) is 16.2. The topological polar surface area (TPSA) is 61.9 Å². The SMILES string of the molecule is CCOc1ccc(C2CCCN2C(=O)NCCC(=O)N(CC)CC)cc1. The van der Waals surface area contributed by atoms with Crippen LogP contribution in [0.1, 0.15) is 51.6 Å². The molecule has 6 heteroatoms. The van der Waals surface area contributed by atoms with Crippen LogP contribution in [0.4, 0.5) is 4.79 Å². The average Bonchev–Trinajstić information content (AvgIpc) is 3.13. The van der Waals surface area contributed by atoms with Gasteiger partial charge in [0.05, 0.1) is 12.6 Å². The van der Waals surface area contributed by atoms with Crippen molar-refractivity contribution in [3.8, 4) is 5.75 Å². The zero-order chi connectivity index (χ0) is 18.9. The monoisotopic (exact) mass is 361 g/mol. The highest BCUT2D eigenvalue weighted by Crippen LogP contribution is 2.32. The number of carbonyl (C=O) groups is 2. The largest absolute Gasteiger partial charge is 0.494 e. The minimum Gasteiger partial charge on any atom is -0.494 e. The summed E-state index contributed by atoms with van der Waals surface area (Å²) in [7, 11) is 0. The Balaban J connectivity index is 1.88. The van der Waals surface area contributed by atoms with Crippen LogP contribution >= 0.6 is 0 Å². The average molecular weight is 361 g/mol. The molecule has 0 aliphatic carbocycles. The van der Waals surface area contributed by atoms with E-state index in [1.807, 2.05) is 49.9 Å². The van der Waals surface area contributed by atoms with Gasteiger partial charge in [-0.2, -0.15) is 0 Å². The molecule has 1 saturated heterocycles. The van der Waals surface area contributed by atoms with Gasteiger partial charge in [-0.1, -0.05) is 12.1 Å². The molecule has 0 aromatic heterocycles. The lowest BCUT2D eigenvalue weighted by Gasteiger charge is -2.26. The number of likely N-dealkylation sites (tertiary alicyclic amines) is 1. The number of rotatable bonds is 8. The molecule has 144 valence electrons. The van der Waals surface area contributed by atoms with Gasteiger partial charge in [-0.05, 0) is 51.3 Å². The maximum atomic E-state index is 12.6. The second kappa shape index (κ2) is 10.0. The first-order chi connectivity index (χ1) is 12.6. The summed E-state index contributed by atoms with van der Waals surface area (Å²) in [5, 5.41) is 2.90. The first-order valence-electron chi connectivity index (χ1n) is 9.65. The van der Waals surface area contributed by atoms with E-state index in [-0.39, 0.29) is 18.0 Å². The lowest BCUT2D eigenvalue weighted by molar-refractivity contribution is -0.130. The second-order valence-corrected chi connectivity index (χ2v) is 6.40. The minimum atomic E-state index is -0.0891. The van der Waals surface area contributed by atoms with Crippen LogP contribution in [-0.4, -0.2) is 54.5 Å². The number of ether oxygens (including phenoxy) is 1. The van der Waals surface area contributed by atoms with Gasteiger partial charge < -0.3 is 19.9 Å². The summed E-state index contributed by atoms with van der Waals surface area (Å²) < 4.78 is 5.48. The number of amides is 3. The van der Waals surface area contributed by atoms with Crippen molar-refractivity contribution in [3.05, 3.63) is 29.8 Å². The van der Waals surface area contributed by atoms with Gasteiger partial charge in [0.25, 0.3) is 0 Å². The summed E-state index contributed by atoms with van der Waals surface area (Å²) in [6, 6.07) is 7.97. The second-order valence-electron chi connectivity index (χ2n) is 6.40. The number of nitrogens with zero attached hydrogens (tertiary/aromatic N) is 2. The Morgan fingerprint density at radius 2 is 1.88 bits per heavy atom. The normalized spacial score (nSPS) is 16.4. The van der Waals surface area contributed by atoms with Gasteiger partial charge in [-0.15, -0.1) is 0 Å². The fraction of sp³-hybridized carbons (Fsp3) is 0.600. The number of hydrogen-bond donors (Lipinski definition) is 1. The number of hydrogen-bond acceptors (Lipinski definition) is 3. The number of benzene rings is 1. The number of carbonyl (C=O) groups excluding carboxylic acids is 2. The highest BCUT2D eigenvalue weighted by Gasteiger charge is 2.29. The lowest BCUT2D eigenvalue weighted by Crippen LogP contribution is -2.41. The predicted molar refractivity (Wildman–Crippen MR) is 102 cm³/mol. The van der Waals surface area contributed by atoms with E-state index in [4.69, 9.17) is 4.74 Å². The third-order valence-electron chi connectivity index (χ3n) is 4.82. The van der Waals surface area contributed by atoms with E-state index in [1.54, 1.807) is 4.90 Å². The Morgan fingerprint density at radius 3 is 2.50 bits per heavy atom. The lowest BCUT2D eigenvalue weighted by atomic mass is 10.0. The molecule has 3 amide bonds. The molecular weight excluding hydrogens is 330 g/mol. The summed E-state index contributed by atoms with van der Waals surface area (Å²) in [4.78, 5) is 28.2. The molecule has 0 spiro atoms. The maximum Gasteiger partial charge on any atom is 0.317 e. The van der Waals surface area contributed by atoms with Gasteiger partial charge in [0.1, 0.15) is 5.75 Å². The Morgan fingerprint density at radius 1 is 1.19 bits per heavy atom. The molecule has 6 nitrogen and oxygen atoms in total. The van der Waals surface area contributed by atoms with Crippen LogP contribution in [0.25, 0.3) is 0 Å². The molecule has 1 N–H and O–H groups in total. The van der Waals surface area contributed by atoms with E-state index in [9.17, 15) is 9.59 Å². The predicted octanol–water partition coefficient (Wildman–Crippen LogP) is 3.19. The minimum absolute atomic E-state index is 0.0831. The first kappa shape index (κ1) is 20.1. The summed E-state index contributed by atoms with van der Waals surface area (Å²) in [5.41, 5.74) is 1.13. The van der Waals surface area contributed by atoms with Crippen molar-refractivity contribution in [2.75, 3.05) is 32.8 Å². The van der Waals surface area contributed by atoms with Crippen molar-refractivity contribution in [2.24, 2.45) is 0 Å². The van der Waals surface area contributed by atoms with Gasteiger partial charge in [0.2, 0.25) is 5.91 Å². The maximum absolute atomic E-state index is 12.6. The molecule has 26 heavy (non-hydrogen) atoms. The van der Waals surface area contributed by atoms with Crippen molar-refractivity contribution in [1.82, 2.24) is 15.1 Å². The standard InChI is InChI=1S/C20H31N3O3/c1-4-22(5-2)19(24)13-14-21-20(25)23-15-7-8-18(23)16-9-11-17(12-10-16)26-6-3/h9-12,18H,4-8,13-15H2,1-3H3,(H,21,25). The molecule has 1 aromatic carbocycles. The Labute approximate surface area is 156 Å². The van der Waals surface area contributed by atoms with Crippen molar-refractivity contribution in [3.63, 3.8) is 0 Å². The quantitative estimate of drug-likeness (QED) is 0.773. The van der Waals surface area contributed by atoms with Crippen LogP contribution in [0.15, 0.2) is 24.3 Å². The van der Waals surface area contributed by atoms with Gasteiger partial charge in [0.15, 0.2) is 0 Å². The summed E-state index contributed by atoms with van der Waals surface area (Å²) in [6.45, 7) is 9.06. The summed E-state index contributed by atoms with van der Waals surface area (Å²) >= 11 is 0. The molecule has 0 saturated carbocycles. The van der Waals surface area contributed by atoms with Crippen molar-refractivity contribution in [1.29, 1.82) is 0 Å². The van der Waals surface area contributed by atoms with Crippen LogP contribution in [0.3, 0.4) is 0 Å². The van der Waals surface area contributed by atoms with E-state index in [0.29, 0.717) is 32.7 Å². The van der Waals surface area contributed by atoms with Crippen molar-refractivity contribution >= 4 is 11.9 Å². The smallest absolute Gasteiger partial charge is 0.317 e. The molecule has 1 aromatic rings. The molecule has 1 aliphatic rings. The van der Waals surface area contributed by atoms with Crippen molar-refractivity contribution in [2.45, 2.75) is 46.1 Å². The van der Waals surface area contributed by atoms with Crippen LogP contribution in [0, 0.1) is 0 Å². The van der Waals surface area contributed by atoms with Crippen LogP contribution in [0.2, 0.25) is 0 Å². The molecule has 0 bridgehead atoms. The van der Waals surface area contributed by atoms with Gasteiger partial charge >= 0.3 is 6.03 Å². The van der Waals surface area contributed by atoms with E-state index in [0.717, 1.165) is 30.7 Å². The summed E-state index contributed by atoms with van der Waals surface area (Å²) in [6.07, 6.45) is 2.29. The van der Waals surface area contributed by atoms with E-state index in [1.165, 1.54) is 0 Å². The molecule has 1 unspecified atom stereocenters. The first-order valence-corrected chi connectivity index (χ1v) is 9.65. The Kier molecular flexibility index (Phi) is 7.75. The zero-order valence-electron chi connectivity index (χ0n) is 16.2. The molecule has 1 fully saturated rings. The third kappa shape index (κ3) is 5.13.